The minimum Gasteiger partial charge on any atom is -0.296 e. The molecular weight excluding hydrogens is 403 g/mol. The van der Waals surface area contributed by atoms with E-state index in [2.05, 4.69) is 51.1 Å². The molecule has 1 spiro atoms. The first-order valence-corrected chi connectivity index (χ1v) is 12.0. The molecule has 0 unspecified atom stereocenters. The van der Waals surface area contributed by atoms with Crippen molar-refractivity contribution in [1.82, 2.24) is 13.6 Å². The molecule has 7 heteroatoms. The van der Waals surface area contributed by atoms with Crippen molar-refractivity contribution >= 4 is 29.4 Å². The molecule has 2 saturated heterocycles. The van der Waals surface area contributed by atoms with Crippen LogP contribution in [0.25, 0.3) is 0 Å². The third kappa shape index (κ3) is 4.48. The summed E-state index contributed by atoms with van der Waals surface area (Å²) in [7, 11) is 2.14. The van der Waals surface area contributed by atoms with Crippen molar-refractivity contribution < 1.29 is 4.39 Å². The quantitative estimate of drug-likeness (QED) is 0.600. The van der Waals surface area contributed by atoms with Crippen LogP contribution in [0.15, 0.2) is 29.6 Å². The number of aromatic nitrogens is 1. The van der Waals surface area contributed by atoms with Crippen molar-refractivity contribution in [2.24, 2.45) is 5.92 Å². The molecular formula is C22H31FN4S2. The lowest BCUT2D eigenvalue weighted by atomic mass is 9.82. The van der Waals surface area contributed by atoms with Crippen LogP contribution in [0.3, 0.4) is 0 Å². The second kappa shape index (κ2) is 8.53. The third-order valence-electron chi connectivity index (χ3n) is 6.08. The summed E-state index contributed by atoms with van der Waals surface area (Å²) >= 11 is 3.31. The van der Waals surface area contributed by atoms with Gasteiger partial charge in [-0.2, -0.15) is 4.37 Å². The number of hydrogen-bond acceptors (Lipinski definition) is 6. The van der Waals surface area contributed by atoms with E-state index in [1.165, 1.54) is 17.3 Å². The number of piperidine rings is 1. The Morgan fingerprint density at radius 3 is 2.90 bits per heavy atom. The summed E-state index contributed by atoms with van der Waals surface area (Å²) in [5, 5.41) is 2.23. The van der Waals surface area contributed by atoms with Crippen molar-refractivity contribution in [3.63, 3.8) is 0 Å². The van der Waals surface area contributed by atoms with Crippen LogP contribution in [0.2, 0.25) is 0 Å². The number of anilines is 1. The molecule has 158 valence electrons. The fourth-order valence-electron chi connectivity index (χ4n) is 4.76. The van der Waals surface area contributed by atoms with Gasteiger partial charge in [0.2, 0.25) is 0 Å². The van der Waals surface area contributed by atoms with E-state index in [9.17, 15) is 4.39 Å². The summed E-state index contributed by atoms with van der Waals surface area (Å²) in [5.74, 6) is 0.463. The summed E-state index contributed by atoms with van der Waals surface area (Å²) in [6.07, 6.45) is 3.22. The number of likely N-dealkylation sites (tertiary alicyclic amines) is 1. The maximum absolute atomic E-state index is 13.9. The highest BCUT2D eigenvalue weighted by atomic mass is 32.2. The second-order valence-electron chi connectivity index (χ2n) is 9.02. The van der Waals surface area contributed by atoms with Crippen LogP contribution in [-0.2, 0) is 13.0 Å². The Morgan fingerprint density at radius 1 is 1.34 bits per heavy atom. The molecule has 0 amide bonds. The number of hydrogen-bond donors (Lipinski definition) is 0. The van der Waals surface area contributed by atoms with Crippen LogP contribution >= 0.6 is 23.7 Å². The molecule has 2 aliphatic rings. The van der Waals surface area contributed by atoms with E-state index in [4.69, 9.17) is 0 Å². The minimum absolute atomic E-state index is 0.0524. The van der Waals surface area contributed by atoms with Gasteiger partial charge in [0, 0.05) is 48.8 Å². The van der Waals surface area contributed by atoms with Gasteiger partial charge in [0.25, 0.3) is 0 Å². The van der Waals surface area contributed by atoms with Crippen molar-refractivity contribution in [1.29, 1.82) is 0 Å². The van der Waals surface area contributed by atoms with Gasteiger partial charge in [-0.3, -0.25) is 9.21 Å². The van der Waals surface area contributed by atoms with Crippen LogP contribution in [0, 0.1) is 11.7 Å². The highest BCUT2D eigenvalue weighted by Crippen LogP contribution is 2.46. The normalized spacial score (nSPS) is 26.1. The Morgan fingerprint density at radius 2 is 2.17 bits per heavy atom. The SMILES string of the molecule is CC(C)Cc1nscc1CN1CC[C@@]2(C[C@@H]1C)CN(C)SN2c1cccc(F)c1. The molecule has 2 aromatic rings. The number of nitrogens with zero attached hydrogens (tertiary/aromatic N) is 4. The Labute approximate surface area is 182 Å². The van der Waals surface area contributed by atoms with E-state index < -0.39 is 0 Å². The van der Waals surface area contributed by atoms with Gasteiger partial charge in [-0.25, -0.2) is 8.70 Å². The molecule has 29 heavy (non-hydrogen) atoms. The number of likely N-dealkylation sites (N-methyl/N-ethyl adjacent to an activating group) is 1. The molecule has 0 N–H and O–H groups in total. The van der Waals surface area contributed by atoms with E-state index in [-0.39, 0.29) is 11.4 Å². The van der Waals surface area contributed by atoms with Gasteiger partial charge >= 0.3 is 0 Å². The van der Waals surface area contributed by atoms with Gasteiger partial charge in [0.1, 0.15) is 5.82 Å². The van der Waals surface area contributed by atoms with Crippen LogP contribution in [0.4, 0.5) is 10.1 Å². The molecule has 0 bridgehead atoms. The fourth-order valence-corrected chi connectivity index (χ4v) is 6.65. The van der Waals surface area contributed by atoms with Crippen LogP contribution in [0.5, 0.6) is 0 Å². The van der Waals surface area contributed by atoms with Crippen LogP contribution in [0.1, 0.15) is 44.9 Å². The maximum Gasteiger partial charge on any atom is 0.125 e. The Bertz CT molecular complexity index is 842. The van der Waals surface area contributed by atoms with Crippen molar-refractivity contribution in [2.75, 3.05) is 24.4 Å². The van der Waals surface area contributed by atoms with Gasteiger partial charge in [-0.1, -0.05) is 19.9 Å². The molecule has 3 heterocycles. The predicted molar refractivity (Wildman–Crippen MR) is 122 cm³/mol. The molecule has 0 radical (unpaired) electrons. The summed E-state index contributed by atoms with van der Waals surface area (Å²) in [6, 6.07) is 7.51. The van der Waals surface area contributed by atoms with E-state index in [0.29, 0.717) is 12.0 Å². The van der Waals surface area contributed by atoms with Gasteiger partial charge in [-0.15, -0.1) is 0 Å². The highest BCUT2D eigenvalue weighted by Gasteiger charge is 2.48. The third-order valence-corrected chi connectivity index (χ3v) is 7.96. The van der Waals surface area contributed by atoms with E-state index in [0.717, 1.165) is 44.6 Å². The molecule has 0 aliphatic carbocycles. The predicted octanol–water partition coefficient (Wildman–Crippen LogP) is 5.22. The molecule has 2 aliphatic heterocycles. The molecule has 4 rings (SSSR count). The lowest BCUT2D eigenvalue weighted by Crippen LogP contribution is -2.56. The lowest BCUT2D eigenvalue weighted by Gasteiger charge is -2.47. The lowest BCUT2D eigenvalue weighted by molar-refractivity contribution is 0.100. The average molecular weight is 435 g/mol. The molecule has 2 fully saturated rings. The zero-order valence-corrected chi connectivity index (χ0v) is 19.4. The van der Waals surface area contributed by atoms with Gasteiger partial charge in [0.15, 0.2) is 0 Å². The molecule has 2 atom stereocenters. The van der Waals surface area contributed by atoms with E-state index >= 15 is 0 Å². The van der Waals surface area contributed by atoms with E-state index in [1.807, 2.05) is 12.1 Å². The van der Waals surface area contributed by atoms with Gasteiger partial charge < -0.3 is 0 Å². The van der Waals surface area contributed by atoms with Crippen LogP contribution in [-0.4, -0.2) is 45.3 Å². The van der Waals surface area contributed by atoms with Crippen molar-refractivity contribution in [2.45, 2.75) is 58.2 Å². The minimum atomic E-state index is -0.166. The van der Waals surface area contributed by atoms with Crippen molar-refractivity contribution in [3.05, 3.63) is 46.7 Å². The Balaban J connectivity index is 1.49. The zero-order chi connectivity index (χ0) is 20.6. The van der Waals surface area contributed by atoms with Gasteiger partial charge in [0.05, 0.1) is 16.9 Å². The standard InChI is InChI=1S/C22H31FN4S2/c1-16(2)10-21-18(14-28-24-21)13-26-9-8-22(12-17(26)3)15-25(4)29-27(22)20-7-5-6-19(23)11-20/h5-7,11,14,16-17H,8-10,12-13,15H2,1-4H3/t17-,22+/m0/s1. The molecule has 4 nitrogen and oxygen atoms in total. The maximum atomic E-state index is 13.9. The molecule has 0 saturated carbocycles. The smallest absolute Gasteiger partial charge is 0.125 e. The largest absolute Gasteiger partial charge is 0.296 e. The topological polar surface area (TPSA) is 22.6 Å². The second-order valence-corrected chi connectivity index (χ2v) is 10.8. The number of benzene rings is 1. The highest BCUT2D eigenvalue weighted by molar-refractivity contribution is 7.98. The first-order valence-electron chi connectivity index (χ1n) is 10.5. The number of halogens is 1. The van der Waals surface area contributed by atoms with E-state index in [1.54, 1.807) is 29.7 Å². The first-order chi connectivity index (χ1) is 13.9. The van der Waals surface area contributed by atoms with Crippen LogP contribution < -0.4 is 4.31 Å². The molecule has 1 aromatic carbocycles. The van der Waals surface area contributed by atoms with Crippen molar-refractivity contribution in [3.8, 4) is 0 Å². The Hall–Kier alpha value is -1.15. The monoisotopic (exact) mass is 434 g/mol. The molecule has 1 aromatic heterocycles. The summed E-state index contributed by atoms with van der Waals surface area (Å²) < 4.78 is 23.2. The summed E-state index contributed by atoms with van der Waals surface area (Å²) in [5.41, 5.74) is 3.69. The fraction of sp³-hybridized carbons (Fsp3) is 0.591. The zero-order valence-electron chi connectivity index (χ0n) is 17.8. The summed E-state index contributed by atoms with van der Waals surface area (Å²) in [6.45, 7) is 9.90. The first kappa shape index (κ1) is 21.1. The number of rotatable bonds is 5. The Kier molecular flexibility index (Phi) is 6.21. The van der Waals surface area contributed by atoms with Gasteiger partial charge in [-0.05, 0) is 68.9 Å². The average Bonchev–Trinajstić information content (AvgIpc) is 3.21. The summed E-state index contributed by atoms with van der Waals surface area (Å²) in [4.78, 5) is 2.60.